The van der Waals surface area contributed by atoms with Crippen molar-refractivity contribution in [3.8, 4) is 0 Å². The molecule has 0 bridgehead atoms. The summed E-state index contributed by atoms with van der Waals surface area (Å²) >= 11 is 0. The van der Waals surface area contributed by atoms with E-state index in [9.17, 15) is 14.7 Å². The van der Waals surface area contributed by atoms with E-state index in [0.29, 0.717) is 18.0 Å². The quantitative estimate of drug-likeness (QED) is 0.307. The molecule has 176 valence electrons. The number of nitrogens with zero attached hydrogens (tertiary/aromatic N) is 1. The summed E-state index contributed by atoms with van der Waals surface area (Å²) in [5.41, 5.74) is 4.66. The number of amides is 1. The highest BCUT2D eigenvalue weighted by molar-refractivity contribution is 6.46. The third-order valence-electron chi connectivity index (χ3n) is 6.57. The number of carbonyl (C=O) groups excluding carboxylic acids is 2. The largest absolute Gasteiger partial charge is 0.507 e. The molecule has 1 atom stereocenters. The van der Waals surface area contributed by atoms with Crippen molar-refractivity contribution in [1.82, 2.24) is 4.90 Å². The number of aliphatic hydroxyl groups is 1. The molecule has 1 unspecified atom stereocenters. The molecule has 4 nitrogen and oxygen atoms in total. The maximum Gasteiger partial charge on any atom is 0.295 e. The van der Waals surface area contributed by atoms with Gasteiger partial charge in [0.2, 0.25) is 0 Å². The Morgan fingerprint density at radius 2 is 1.70 bits per heavy atom. The first-order valence-electron chi connectivity index (χ1n) is 12.0. The van der Waals surface area contributed by atoms with Crippen LogP contribution < -0.4 is 0 Å². The molecule has 3 rings (SSSR count). The van der Waals surface area contributed by atoms with Gasteiger partial charge in [0.1, 0.15) is 5.76 Å². The Balaban J connectivity index is 2.21. The first-order valence-corrected chi connectivity index (χ1v) is 12.0. The van der Waals surface area contributed by atoms with Gasteiger partial charge in [-0.05, 0) is 53.0 Å². The number of likely N-dealkylation sites (tertiary alicyclic amines) is 1. The molecule has 1 amide bonds. The van der Waals surface area contributed by atoms with Gasteiger partial charge in [-0.25, -0.2) is 0 Å². The van der Waals surface area contributed by atoms with Gasteiger partial charge in [0.25, 0.3) is 11.7 Å². The maximum absolute atomic E-state index is 13.2. The Morgan fingerprint density at radius 3 is 2.24 bits per heavy atom. The number of Topliss-reactive ketones (excluding diaryl/α,β-unsaturated/α-hetero) is 1. The van der Waals surface area contributed by atoms with Crippen LogP contribution in [0.2, 0.25) is 0 Å². The summed E-state index contributed by atoms with van der Waals surface area (Å²) in [6.45, 7) is 15.1. The molecule has 1 N–H and O–H groups in total. The average Bonchev–Trinajstić information content (AvgIpc) is 3.01. The van der Waals surface area contributed by atoms with Crippen LogP contribution in [0.3, 0.4) is 0 Å². The van der Waals surface area contributed by atoms with E-state index in [1.807, 2.05) is 49.4 Å². The van der Waals surface area contributed by atoms with Crippen LogP contribution in [0.15, 0.2) is 48.0 Å². The second kappa shape index (κ2) is 9.54. The van der Waals surface area contributed by atoms with Crippen molar-refractivity contribution in [2.45, 2.75) is 78.7 Å². The normalized spacial score (nSPS) is 18.4. The van der Waals surface area contributed by atoms with Crippen LogP contribution in [-0.4, -0.2) is 28.2 Å². The summed E-state index contributed by atoms with van der Waals surface area (Å²) in [6, 6.07) is 13.4. The van der Waals surface area contributed by atoms with Crippen molar-refractivity contribution in [2.75, 3.05) is 6.54 Å². The van der Waals surface area contributed by atoms with Crippen LogP contribution in [-0.2, 0) is 15.0 Å². The third kappa shape index (κ3) is 4.90. The third-order valence-corrected chi connectivity index (χ3v) is 6.57. The van der Waals surface area contributed by atoms with Crippen LogP contribution in [0.1, 0.15) is 94.2 Å². The summed E-state index contributed by atoms with van der Waals surface area (Å²) < 4.78 is 0. The van der Waals surface area contributed by atoms with Crippen LogP contribution in [0.25, 0.3) is 5.76 Å². The van der Waals surface area contributed by atoms with Gasteiger partial charge >= 0.3 is 0 Å². The fourth-order valence-electron chi connectivity index (χ4n) is 4.34. The minimum absolute atomic E-state index is 0.0890. The van der Waals surface area contributed by atoms with Gasteiger partial charge in [0, 0.05) is 12.1 Å². The molecule has 1 heterocycles. The van der Waals surface area contributed by atoms with Crippen LogP contribution >= 0.6 is 0 Å². The number of aliphatic hydroxyl groups excluding tert-OH is 1. The van der Waals surface area contributed by atoms with Crippen molar-refractivity contribution < 1.29 is 14.7 Å². The van der Waals surface area contributed by atoms with Crippen LogP contribution in [0, 0.1) is 6.92 Å². The fraction of sp³-hybridized carbons (Fsp3) is 0.448. The molecule has 0 aromatic heterocycles. The van der Waals surface area contributed by atoms with Crippen LogP contribution in [0.4, 0.5) is 0 Å². The zero-order valence-electron chi connectivity index (χ0n) is 21.0. The predicted octanol–water partition coefficient (Wildman–Crippen LogP) is 6.64. The average molecular weight is 448 g/mol. The van der Waals surface area contributed by atoms with Gasteiger partial charge in [0.05, 0.1) is 11.6 Å². The Bertz CT molecular complexity index is 1070. The zero-order valence-corrected chi connectivity index (χ0v) is 21.0. The van der Waals surface area contributed by atoms with E-state index in [-0.39, 0.29) is 16.7 Å². The second-order valence-electron chi connectivity index (χ2n) is 10.4. The topological polar surface area (TPSA) is 57.6 Å². The van der Waals surface area contributed by atoms with Crippen molar-refractivity contribution in [3.05, 3.63) is 75.9 Å². The first kappa shape index (κ1) is 24.8. The molecule has 0 radical (unpaired) electrons. The number of benzene rings is 2. The van der Waals surface area contributed by atoms with Gasteiger partial charge in [-0.2, -0.15) is 0 Å². The van der Waals surface area contributed by atoms with Gasteiger partial charge in [-0.15, -0.1) is 0 Å². The first-order chi connectivity index (χ1) is 15.5. The summed E-state index contributed by atoms with van der Waals surface area (Å²) in [5.74, 6) is -0.850. The maximum atomic E-state index is 13.2. The number of hydrogen-bond acceptors (Lipinski definition) is 3. The smallest absolute Gasteiger partial charge is 0.295 e. The second-order valence-corrected chi connectivity index (χ2v) is 10.4. The Labute approximate surface area is 198 Å². The molecule has 4 heteroatoms. The summed E-state index contributed by atoms with van der Waals surface area (Å²) in [7, 11) is 0. The summed E-state index contributed by atoms with van der Waals surface area (Å²) in [4.78, 5) is 27.9. The molecule has 0 aliphatic carbocycles. The molecule has 33 heavy (non-hydrogen) atoms. The van der Waals surface area contributed by atoms with Crippen molar-refractivity contribution in [1.29, 1.82) is 0 Å². The lowest BCUT2D eigenvalue weighted by atomic mass is 9.84. The molecule has 0 saturated carbocycles. The number of ketones is 1. The van der Waals surface area contributed by atoms with Gasteiger partial charge in [0.15, 0.2) is 0 Å². The fourth-order valence-corrected chi connectivity index (χ4v) is 4.34. The van der Waals surface area contributed by atoms with E-state index in [2.05, 4.69) is 41.5 Å². The molecule has 1 saturated heterocycles. The summed E-state index contributed by atoms with van der Waals surface area (Å²) in [5, 5.41) is 11.5. The molecular weight excluding hydrogens is 410 g/mol. The Morgan fingerprint density at radius 1 is 1.06 bits per heavy atom. The van der Waals surface area contributed by atoms with Crippen molar-refractivity contribution in [2.24, 2.45) is 0 Å². The van der Waals surface area contributed by atoms with E-state index < -0.39 is 17.7 Å². The van der Waals surface area contributed by atoms with E-state index in [1.165, 1.54) is 5.56 Å². The van der Waals surface area contributed by atoms with Crippen LogP contribution in [0.5, 0.6) is 0 Å². The van der Waals surface area contributed by atoms with E-state index in [1.54, 1.807) is 4.90 Å². The van der Waals surface area contributed by atoms with E-state index >= 15 is 0 Å². The van der Waals surface area contributed by atoms with Gasteiger partial charge < -0.3 is 10.0 Å². The molecule has 0 spiro atoms. The van der Waals surface area contributed by atoms with E-state index in [0.717, 1.165) is 29.5 Å². The monoisotopic (exact) mass is 447 g/mol. The lowest BCUT2D eigenvalue weighted by Crippen LogP contribution is -2.30. The molecule has 1 fully saturated rings. The SMILES string of the molecule is CCCCN1C(=O)C(=O)/C(=C(/O)c2cc(C(C)(C)C)ccc2C)C1c1ccc(C(C)C)cc1. The minimum atomic E-state index is -0.609. The number of aryl methyl sites for hydroxylation is 1. The van der Waals surface area contributed by atoms with Gasteiger partial charge in [-0.1, -0.05) is 84.4 Å². The predicted molar refractivity (Wildman–Crippen MR) is 134 cm³/mol. The number of carbonyl (C=O) groups is 2. The Hall–Kier alpha value is -2.88. The van der Waals surface area contributed by atoms with Gasteiger partial charge in [-0.3, -0.25) is 9.59 Å². The summed E-state index contributed by atoms with van der Waals surface area (Å²) in [6.07, 6.45) is 1.71. The zero-order chi connectivity index (χ0) is 24.5. The van der Waals surface area contributed by atoms with Crippen molar-refractivity contribution in [3.63, 3.8) is 0 Å². The molecule has 1 aliphatic heterocycles. The number of unbranched alkanes of at least 4 members (excludes halogenated alkanes) is 1. The Kier molecular flexibility index (Phi) is 7.16. The molecule has 2 aromatic rings. The highest BCUT2D eigenvalue weighted by Crippen LogP contribution is 2.41. The molecule has 1 aliphatic rings. The van der Waals surface area contributed by atoms with Crippen molar-refractivity contribution >= 4 is 17.4 Å². The number of hydrogen-bond donors (Lipinski definition) is 1. The minimum Gasteiger partial charge on any atom is -0.507 e. The highest BCUT2D eigenvalue weighted by atomic mass is 16.3. The van der Waals surface area contributed by atoms with E-state index in [4.69, 9.17) is 0 Å². The standard InChI is InChI=1S/C29H37NO3/c1-8-9-16-30-25(21-13-11-20(12-14-21)18(2)3)24(27(32)28(30)33)26(31)23-17-22(29(5,6)7)15-10-19(23)4/h10-15,17-18,25,31H,8-9,16H2,1-7H3/b26-24+. The molecular formula is C29H37NO3. The highest BCUT2D eigenvalue weighted by Gasteiger charge is 2.45. The number of rotatable bonds is 6. The lowest BCUT2D eigenvalue weighted by molar-refractivity contribution is -0.139. The lowest BCUT2D eigenvalue weighted by Gasteiger charge is -2.26. The molecule has 2 aromatic carbocycles.